The number of hydrogen-bond donors (Lipinski definition) is 1. The van der Waals surface area contributed by atoms with Crippen LogP contribution in [0.1, 0.15) is 35.4 Å². The van der Waals surface area contributed by atoms with Crippen LogP contribution < -0.4 is 0 Å². The zero-order valence-electron chi connectivity index (χ0n) is 7.27. The van der Waals surface area contributed by atoms with Crippen LogP contribution in [0.4, 0.5) is 0 Å². The van der Waals surface area contributed by atoms with Crippen molar-refractivity contribution in [2.45, 2.75) is 19.3 Å². The summed E-state index contributed by atoms with van der Waals surface area (Å²) in [6.45, 7) is 2.14. The second-order valence-electron chi connectivity index (χ2n) is 3.45. The van der Waals surface area contributed by atoms with E-state index in [2.05, 4.69) is 16.9 Å². The maximum atomic E-state index is 10.5. The number of hydrogen-bond acceptors (Lipinski definition) is 3. The van der Waals surface area contributed by atoms with Crippen molar-refractivity contribution >= 4 is 5.97 Å². The van der Waals surface area contributed by atoms with Crippen molar-refractivity contribution < 1.29 is 9.90 Å². The molecule has 0 aliphatic heterocycles. The number of carboxylic acid groups (broad SMARTS) is 1. The lowest BCUT2D eigenvalue weighted by atomic mass is 10.3. The number of aromatic nitrogens is 2. The van der Waals surface area contributed by atoms with Crippen LogP contribution in [0.5, 0.6) is 0 Å². The van der Waals surface area contributed by atoms with E-state index in [1.165, 1.54) is 12.4 Å². The molecule has 0 amide bonds. The lowest BCUT2D eigenvalue weighted by Crippen LogP contribution is -2.01. The van der Waals surface area contributed by atoms with Gasteiger partial charge in [-0.1, -0.05) is 6.92 Å². The Bertz CT molecular complexity index is 334. The number of rotatable bonds is 2. The first-order chi connectivity index (χ1) is 6.18. The predicted octanol–water partition coefficient (Wildman–Crippen LogP) is 1.30. The summed E-state index contributed by atoms with van der Waals surface area (Å²) in [4.78, 5) is 18.5. The van der Waals surface area contributed by atoms with Crippen molar-refractivity contribution in [1.29, 1.82) is 0 Å². The van der Waals surface area contributed by atoms with Crippen LogP contribution in [0.15, 0.2) is 12.4 Å². The normalized spacial score (nSPS) is 25.6. The summed E-state index contributed by atoms with van der Waals surface area (Å²) in [5.74, 6) is 0.895. The second kappa shape index (κ2) is 2.80. The van der Waals surface area contributed by atoms with Gasteiger partial charge in [0.05, 0.1) is 5.56 Å². The van der Waals surface area contributed by atoms with Crippen LogP contribution in [0.2, 0.25) is 0 Å². The first-order valence-corrected chi connectivity index (χ1v) is 4.23. The summed E-state index contributed by atoms with van der Waals surface area (Å²) in [6, 6.07) is 0. The molecule has 2 rings (SSSR count). The Morgan fingerprint density at radius 1 is 1.54 bits per heavy atom. The third-order valence-electron chi connectivity index (χ3n) is 2.36. The van der Waals surface area contributed by atoms with Gasteiger partial charge in [0.25, 0.3) is 0 Å². The van der Waals surface area contributed by atoms with E-state index in [0.29, 0.717) is 11.8 Å². The molecule has 1 aromatic heterocycles. The molecule has 68 valence electrons. The molecule has 1 saturated carbocycles. The van der Waals surface area contributed by atoms with Gasteiger partial charge in [0.2, 0.25) is 0 Å². The summed E-state index contributed by atoms with van der Waals surface area (Å²) >= 11 is 0. The Labute approximate surface area is 75.6 Å². The lowest BCUT2D eigenvalue weighted by Gasteiger charge is -1.96. The minimum atomic E-state index is -0.976. The fourth-order valence-electron chi connectivity index (χ4n) is 1.32. The topological polar surface area (TPSA) is 63.1 Å². The van der Waals surface area contributed by atoms with Crippen LogP contribution in [0, 0.1) is 5.92 Å². The van der Waals surface area contributed by atoms with Crippen LogP contribution >= 0.6 is 0 Å². The van der Waals surface area contributed by atoms with Gasteiger partial charge in [0.15, 0.2) is 0 Å². The highest BCUT2D eigenvalue weighted by molar-refractivity contribution is 5.86. The number of carboxylic acids is 1. The summed E-state index contributed by atoms with van der Waals surface area (Å²) in [6.07, 6.45) is 3.86. The maximum Gasteiger partial charge on any atom is 0.338 e. The Balaban J connectivity index is 2.19. The largest absolute Gasteiger partial charge is 0.478 e. The van der Waals surface area contributed by atoms with E-state index in [1.54, 1.807) is 0 Å². The summed E-state index contributed by atoms with van der Waals surface area (Å²) in [7, 11) is 0. The molecule has 1 aromatic rings. The SMILES string of the molecule is CC1CC1c1ncc(C(=O)O)cn1. The molecule has 1 aliphatic rings. The van der Waals surface area contributed by atoms with Crippen LogP contribution in [-0.4, -0.2) is 21.0 Å². The molecule has 0 radical (unpaired) electrons. The van der Waals surface area contributed by atoms with Gasteiger partial charge in [-0.3, -0.25) is 0 Å². The Morgan fingerprint density at radius 2 is 2.08 bits per heavy atom. The minimum Gasteiger partial charge on any atom is -0.478 e. The fourth-order valence-corrected chi connectivity index (χ4v) is 1.32. The second-order valence-corrected chi connectivity index (χ2v) is 3.45. The van der Waals surface area contributed by atoms with Crippen molar-refractivity contribution in [3.8, 4) is 0 Å². The average Bonchev–Trinajstić information content (AvgIpc) is 2.83. The first-order valence-electron chi connectivity index (χ1n) is 4.23. The average molecular weight is 178 g/mol. The van der Waals surface area contributed by atoms with E-state index in [-0.39, 0.29) is 5.56 Å². The highest BCUT2D eigenvalue weighted by Crippen LogP contribution is 2.44. The van der Waals surface area contributed by atoms with E-state index in [9.17, 15) is 4.79 Å². The molecule has 1 fully saturated rings. The highest BCUT2D eigenvalue weighted by Gasteiger charge is 2.36. The van der Waals surface area contributed by atoms with E-state index in [1.807, 2.05) is 0 Å². The third-order valence-corrected chi connectivity index (χ3v) is 2.36. The summed E-state index contributed by atoms with van der Waals surface area (Å²) in [5.41, 5.74) is 0.150. The van der Waals surface area contributed by atoms with Gasteiger partial charge in [-0.15, -0.1) is 0 Å². The van der Waals surface area contributed by atoms with Crippen molar-refractivity contribution in [2.75, 3.05) is 0 Å². The van der Waals surface area contributed by atoms with E-state index < -0.39 is 5.97 Å². The van der Waals surface area contributed by atoms with Crippen molar-refractivity contribution in [3.63, 3.8) is 0 Å². The number of carbonyl (C=O) groups is 1. The molecule has 0 bridgehead atoms. The van der Waals surface area contributed by atoms with Gasteiger partial charge in [0, 0.05) is 18.3 Å². The highest BCUT2D eigenvalue weighted by atomic mass is 16.4. The lowest BCUT2D eigenvalue weighted by molar-refractivity contribution is 0.0696. The molecular weight excluding hydrogens is 168 g/mol. The molecule has 1 heterocycles. The third kappa shape index (κ3) is 1.52. The Morgan fingerprint density at radius 3 is 2.46 bits per heavy atom. The predicted molar refractivity (Wildman–Crippen MR) is 45.5 cm³/mol. The molecule has 2 unspecified atom stereocenters. The van der Waals surface area contributed by atoms with Gasteiger partial charge in [-0.2, -0.15) is 0 Å². The first kappa shape index (κ1) is 8.16. The van der Waals surface area contributed by atoms with Crippen molar-refractivity contribution in [3.05, 3.63) is 23.8 Å². The van der Waals surface area contributed by atoms with Gasteiger partial charge in [0.1, 0.15) is 5.82 Å². The fraction of sp³-hybridized carbons (Fsp3) is 0.444. The van der Waals surface area contributed by atoms with E-state index >= 15 is 0 Å². The number of nitrogens with zero attached hydrogens (tertiary/aromatic N) is 2. The van der Waals surface area contributed by atoms with Crippen molar-refractivity contribution in [2.24, 2.45) is 5.92 Å². The molecule has 4 nitrogen and oxygen atoms in total. The molecular formula is C9H10N2O2. The Hall–Kier alpha value is -1.45. The van der Waals surface area contributed by atoms with Gasteiger partial charge in [-0.05, 0) is 12.3 Å². The standard InChI is InChI=1S/C9H10N2O2/c1-5-2-7(5)8-10-3-6(4-11-8)9(12)13/h3-5,7H,2H2,1H3,(H,12,13). The molecule has 0 aromatic carbocycles. The number of aromatic carboxylic acids is 1. The molecule has 0 saturated heterocycles. The van der Waals surface area contributed by atoms with E-state index in [0.717, 1.165) is 12.2 Å². The molecule has 1 N–H and O–H groups in total. The molecule has 2 atom stereocenters. The minimum absolute atomic E-state index is 0.150. The van der Waals surface area contributed by atoms with Crippen LogP contribution in [0.3, 0.4) is 0 Å². The van der Waals surface area contributed by atoms with Gasteiger partial charge < -0.3 is 5.11 Å². The van der Waals surface area contributed by atoms with Crippen LogP contribution in [-0.2, 0) is 0 Å². The molecule has 13 heavy (non-hydrogen) atoms. The Kier molecular flexibility index (Phi) is 1.76. The summed E-state index contributed by atoms with van der Waals surface area (Å²) in [5, 5.41) is 8.60. The van der Waals surface area contributed by atoms with Crippen LogP contribution in [0.25, 0.3) is 0 Å². The monoisotopic (exact) mass is 178 g/mol. The maximum absolute atomic E-state index is 10.5. The van der Waals surface area contributed by atoms with Gasteiger partial charge in [-0.25, -0.2) is 14.8 Å². The zero-order valence-corrected chi connectivity index (χ0v) is 7.27. The molecule has 4 heteroatoms. The summed E-state index contributed by atoms with van der Waals surface area (Å²) < 4.78 is 0. The van der Waals surface area contributed by atoms with E-state index in [4.69, 9.17) is 5.11 Å². The zero-order chi connectivity index (χ0) is 9.42. The van der Waals surface area contributed by atoms with Gasteiger partial charge >= 0.3 is 5.97 Å². The quantitative estimate of drug-likeness (QED) is 0.741. The molecule has 1 aliphatic carbocycles. The van der Waals surface area contributed by atoms with Crippen molar-refractivity contribution in [1.82, 2.24) is 9.97 Å². The smallest absolute Gasteiger partial charge is 0.338 e. The molecule has 0 spiro atoms.